The van der Waals surface area contributed by atoms with Gasteiger partial charge in [-0.15, -0.1) is 0 Å². The lowest BCUT2D eigenvalue weighted by Gasteiger charge is -2.36. The van der Waals surface area contributed by atoms with Crippen LogP contribution in [0.1, 0.15) is 24.9 Å². The summed E-state index contributed by atoms with van der Waals surface area (Å²) in [5.74, 6) is 1.50. The van der Waals surface area contributed by atoms with Crippen LogP contribution in [0.15, 0.2) is 29.8 Å². The third-order valence-corrected chi connectivity index (χ3v) is 5.35. The molecule has 0 spiro atoms. The van der Waals surface area contributed by atoms with Gasteiger partial charge in [-0.05, 0) is 18.1 Å². The fourth-order valence-electron chi connectivity index (χ4n) is 2.79. The fourth-order valence-corrected chi connectivity index (χ4v) is 3.91. The van der Waals surface area contributed by atoms with Crippen LogP contribution in [0.2, 0.25) is 5.02 Å². The van der Waals surface area contributed by atoms with Crippen LogP contribution in [-0.4, -0.2) is 47.4 Å². The molecule has 128 valence electrons. The molecule has 7 heteroatoms. The summed E-state index contributed by atoms with van der Waals surface area (Å²) >= 11 is 7.37. The molecule has 1 fully saturated rings. The van der Waals surface area contributed by atoms with E-state index in [1.165, 1.54) is 14.0 Å². The molecule has 1 heterocycles. The number of likely N-dealkylation sites (tertiary alicyclic amines) is 1. The molecule has 0 N–H and O–H groups in total. The van der Waals surface area contributed by atoms with Crippen LogP contribution in [-0.2, 0) is 19.1 Å². The largest absolute Gasteiger partial charge is 0.468 e. The van der Waals surface area contributed by atoms with Gasteiger partial charge in [0, 0.05) is 35.9 Å². The van der Waals surface area contributed by atoms with Crippen LogP contribution >= 0.6 is 23.4 Å². The molecule has 1 aromatic carbocycles. The lowest BCUT2D eigenvalue weighted by Crippen LogP contribution is -2.43. The van der Waals surface area contributed by atoms with Crippen molar-refractivity contribution >= 4 is 40.4 Å². The second kappa shape index (κ2) is 8.49. The molecule has 0 amide bonds. The molecule has 0 bridgehead atoms. The number of rotatable bonds is 4. The SMILES string of the molecule is COC(=O)C(c1ccccc1Cl)N1CCC(SC(C)=O)C(=C=O)C1. The van der Waals surface area contributed by atoms with Gasteiger partial charge in [0.05, 0.1) is 7.11 Å². The van der Waals surface area contributed by atoms with E-state index in [2.05, 4.69) is 0 Å². The number of ether oxygens (including phenoxy) is 1. The molecule has 1 aliphatic rings. The highest BCUT2D eigenvalue weighted by Crippen LogP contribution is 2.34. The molecule has 0 aromatic heterocycles. The molecular weight excluding hydrogens is 350 g/mol. The van der Waals surface area contributed by atoms with E-state index in [0.717, 1.165) is 11.8 Å². The number of esters is 1. The molecule has 2 atom stereocenters. The highest BCUT2D eigenvalue weighted by Gasteiger charge is 2.36. The molecule has 2 unspecified atom stereocenters. The number of carbonyl (C=O) groups is 2. The Labute approximate surface area is 150 Å². The zero-order chi connectivity index (χ0) is 17.7. The number of carbonyl (C=O) groups excluding carboxylic acids is 3. The molecular formula is C17H18ClNO4S. The van der Waals surface area contributed by atoms with Crippen LogP contribution in [0, 0.1) is 0 Å². The Kier molecular flexibility index (Phi) is 6.63. The highest BCUT2D eigenvalue weighted by molar-refractivity contribution is 8.14. The molecule has 0 aliphatic carbocycles. The Morgan fingerprint density at radius 1 is 1.42 bits per heavy atom. The van der Waals surface area contributed by atoms with Crippen molar-refractivity contribution in [2.24, 2.45) is 0 Å². The number of thioether (sulfide) groups is 1. The first-order chi connectivity index (χ1) is 11.5. The quantitative estimate of drug-likeness (QED) is 0.602. The van der Waals surface area contributed by atoms with Crippen LogP contribution in [0.4, 0.5) is 0 Å². The van der Waals surface area contributed by atoms with Gasteiger partial charge >= 0.3 is 5.97 Å². The minimum absolute atomic E-state index is 0.0446. The zero-order valence-corrected chi connectivity index (χ0v) is 15.0. The normalized spacial score (nSPS) is 19.5. The number of hydrogen-bond acceptors (Lipinski definition) is 6. The monoisotopic (exact) mass is 367 g/mol. The summed E-state index contributed by atoms with van der Waals surface area (Å²) in [5.41, 5.74) is 1.11. The van der Waals surface area contributed by atoms with Gasteiger partial charge in [-0.3, -0.25) is 9.69 Å². The van der Waals surface area contributed by atoms with Crippen molar-refractivity contribution in [2.45, 2.75) is 24.6 Å². The fraction of sp³-hybridized carbons (Fsp3) is 0.412. The summed E-state index contributed by atoms with van der Waals surface area (Å²) in [5, 5.41) is 0.224. The van der Waals surface area contributed by atoms with E-state index >= 15 is 0 Å². The van der Waals surface area contributed by atoms with Crippen LogP contribution in [0.3, 0.4) is 0 Å². The van der Waals surface area contributed by atoms with Crippen LogP contribution in [0.5, 0.6) is 0 Å². The predicted octanol–water partition coefficient (Wildman–Crippen LogP) is 2.67. The van der Waals surface area contributed by atoms with Gasteiger partial charge in [-0.25, -0.2) is 9.59 Å². The first-order valence-corrected chi connectivity index (χ1v) is 8.71. The molecule has 1 aromatic rings. The van der Waals surface area contributed by atoms with Gasteiger partial charge in [0.15, 0.2) is 5.12 Å². The van der Waals surface area contributed by atoms with Crippen molar-refractivity contribution in [1.82, 2.24) is 4.90 Å². The summed E-state index contributed by atoms with van der Waals surface area (Å²) in [6, 6.07) is 6.36. The molecule has 5 nitrogen and oxygen atoms in total. The maximum atomic E-state index is 12.3. The first-order valence-electron chi connectivity index (χ1n) is 7.45. The average molecular weight is 368 g/mol. The Hall–Kier alpha value is -1.59. The summed E-state index contributed by atoms with van der Waals surface area (Å²) in [6.45, 7) is 2.26. The van der Waals surface area contributed by atoms with Gasteiger partial charge in [0.2, 0.25) is 0 Å². The molecule has 1 saturated heterocycles. The topological polar surface area (TPSA) is 63.7 Å². The molecule has 0 saturated carbocycles. The van der Waals surface area contributed by atoms with Crippen molar-refractivity contribution in [2.75, 3.05) is 20.2 Å². The number of benzene rings is 1. The van der Waals surface area contributed by atoms with Crippen LogP contribution < -0.4 is 0 Å². The number of halogens is 1. The Morgan fingerprint density at radius 2 is 2.12 bits per heavy atom. The minimum Gasteiger partial charge on any atom is -0.468 e. The van der Waals surface area contributed by atoms with E-state index in [0.29, 0.717) is 29.1 Å². The second-order valence-corrected chi connectivity index (χ2v) is 7.22. The van der Waals surface area contributed by atoms with E-state index in [1.807, 2.05) is 10.8 Å². The summed E-state index contributed by atoms with van der Waals surface area (Å²) in [7, 11) is 1.32. The summed E-state index contributed by atoms with van der Waals surface area (Å²) in [6.07, 6.45) is 0.576. The standard InChI is InChI=1S/C17H18ClNO4S/c1-11(21)24-15-7-8-19(9-12(15)10-20)16(17(22)23-2)13-5-3-4-6-14(13)18/h3-6,15-16H,7-9H2,1-2H3. The number of methoxy groups -OCH3 is 1. The Balaban J connectivity index is 2.29. The molecule has 0 radical (unpaired) electrons. The van der Waals surface area contributed by atoms with E-state index in [-0.39, 0.29) is 16.9 Å². The summed E-state index contributed by atoms with van der Waals surface area (Å²) in [4.78, 5) is 36.8. The predicted molar refractivity (Wildman–Crippen MR) is 93.7 cm³/mol. The third-order valence-electron chi connectivity index (χ3n) is 3.87. The van der Waals surface area contributed by atoms with Crippen molar-refractivity contribution in [3.8, 4) is 0 Å². The third kappa shape index (κ3) is 4.28. The Bertz CT molecular complexity index is 687. The van der Waals surface area contributed by atoms with Gasteiger partial charge in [0.1, 0.15) is 12.0 Å². The van der Waals surface area contributed by atoms with E-state index in [1.54, 1.807) is 24.3 Å². The molecule has 24 heavy (non-hydrogen) atoms. The number of nitrogens with zero attached hydrogens (tertiary/aromatic N) is 1. The number of hydrogen-bond donors (Lipinski definition) is 0. The maximum absolute atomic E-state index is 12.3. The first kappa shape index (κ1) is 18.7. The van der Waals surface area contributed by atoms with Crippen molar-refractivity contribution in [1.29, 1.82) is 0 Å². The maximum Gasteiger partial charge on any atom is 0.327 e. The Morgan fingerprint density at radius 3 is 2.71 bits per heavy atom. The zero-order valence-electron chi connectivity index (χ0n) is 13.5. The lowest BCUT2D eigenvalue weighted by molar-refractivity contribution is -0.147. The summed E-state index contributed by atoms with van der Waals surface area (Å²) < 4.78 is 4.93. The van der Waals surface area contributed by atoms with Crippen LogP contribution in [0.25, 0.3) is 0 Å². The van der Waals surface area contributed by atoms with E-state index in [9.17, 15) is 14.4 Å². The van der Waals surface area contributed by atoms with Gasteiger partial charge in [0.25, 0.3) is 0 Å². The van der Waals surface area contributed by atoms with Crippen molar-refractivity contribution < 1.29 is 19.1 Å². The number of piperidine rings is 1. The average Bonchev–Trinajstić information content (AvgIpc) is 2.57. The van der Waals surface area contributed by atoms with Crippen molar-refractivity contribution in [3.63, 3.8) is 0 Å². The van der Waals surface area contributed by atoms with Gasteiger partial charge < -0.3 is 4.74 Å². The highest BCUT2D eigenvalue weighted by atomic mass is 35.5. The molecule has 2 rings (SSSR count). The van der Waals surface area contributed by atoms with E-state index < -0.39 is 12.0 Å². The second-order valence-electron chi connectivity index (χ2n) is 5.43. The smallest absolute Gasteiger partial charge is 0.327 e. The molecule has 1 aliphatic heterocycles. The van der Waals surface area contributed by atoms with Crippen molar-refractivity contribution in [3.05, 3.63) is 40.4 Å². The van der Waals surface area contributed by atoms with Gasteiger partial charge in [-0.1, -0.05) is 41.6 Å². The van der Waals surface area contributed by atoms with E-state index in [4.69, 9.17) is 16.3 Å². The lowest BCUT2D eigenvalue weighted by atomic mass is 9.99. The minimum atomic E-state index is -0.699. The van der Waals surface area contributed by atoms with Gasteiger partial charge in [-0.2, -0.15) is 0 Å².